The van der Waals surface area contributed by atoms with Crippen LogP contribution in [0.5, 0.6) is 0 Å². The van der Waals surface area contributed by atoms with Gasteiger partial charge >= 0.3 is 5.97 Å². The minimum atomic E-state index is -0.150. The van der Waals surface area contributed by atoms with Crippen LogP contribution in [0.15, 0.2) is 0 Å². The third-order valence-electron chi connectivity index (χ3n) is 1.71. The molecule has 0 spiro atoms. The van der Waals surface area contributed by atoms with Crippen molar-refractivity contribution in [2.75, 3.05) is 13.7 Å². The van der Waals surface area contributed by atoms with Crippen LogP contribution in [-0.4, -0.2) is 25.8 Å². The van der Waals surface area contributed by atoms with Gasteiger partial charge in [-0.3, -0.25) is 4.79 Å². The van der Waals surface area contributed by atoms with Crippen molar-refractivity contribution in [2.45, 2.75) is 19.4 Å². The highest BCUT2D eigenvalue weighted by Gasteiger charge is 2.30. The molecule has 0 bridgehead atoms. The lowest BCUT2D eigenvalue weighted by Crippen LogP contribution is -2.11. The van der Waals surface area contributed by atoms with Crippen molar-refractivity contribution < 1.29 is 14.3 Å². The van der Waals surface area contributed by atoms with Gasteiger partial charge in [0.15, 0.2) is 0 Å². The van der Waals surface area contributed by atoms with Gasteiger partial charge in [-0.1, -0.05) is 6.92 Å². The molecule has 1 saturated heterocycles. The fourth-order valence-corrected chi connectivity index (χ4v) is 0.862. The third kappa shape index (κ3) is 1.99. The lowest BCUT2D eigenvalue weighted by molar-refractivity contribution is -0.141. The van der Waals surface area contributed by atoms with Gasteiger partial charge in [0.05, 0.1) is 26.2 Å². The van der Waals surface area contributed by atoms with Gasteiger partial charge in [-0.05, 0) is 5.92 Å². The van der Waals surface area contributed by atoms with E-state index < -0.39 is 0 Å². The molecule has 1 aliphatic rings. The summed E-state index contributed by atoms with van der Waals surface area (Å²) in [7, 11) is 1.41. The Morgan fingerprint density at radius 2 is 2.50 bits per heavy atom. The molecule has 0 aromatic carbocycles. The molecule has 1 heterocycles. The number of hydrogen-bond acceptors (Lipinski definition) is 3. The molecule has 3 nitrogen and oxygen atoms in total. The molecule has 0 N–H and O–H groups in total. The highest BCUT2D eigenvalue weighted by molar-refractivity contribution is 5.69. The van der Waals surface area contributed by atoms with Gasteiger partial charge in [-0.25, -0.2) is 0 Å². The summed E-state index contributed by atoms with van der Waals surface area (Å²) in [6.45, 7) is 2.80. The van der Waals surface area contributed by atoms with Gasteiger partial charge in [-0.15, -0.1) is 0 Å². The molecule has 0 radical (unpaired) electrons. The lowest BCUT2D eigenvalue weighted by Gasteiger charge is -2.04. The minimum Gasteiger partial charge on any atom is -0.469 e. The van der Waals surface area contributed by atoms with Crippen LogP contribution in [-0.2, 0) is 14.3 Å². The number of esters is 1. The summed E-state index contributed by atoms with van der Waals surface area (Å²) < 4.78 is 9.51. The quantitative estimate of drug-likeness (QED) is 0.429. The third-order valence-corrected chi connectivity index (χ3v) is 1.71. The van der Waals surface area contributed by atoms with Crippen molar-refractivity contribution in [3.63, 3.8) is 0 Å². The largest absolute Gasteiger partial charge is 0.469 e. The number of hydrogen-bond donors (Lipinski definition) is 0. The average Bonchev–Trinajstić information content (AvgIpc) is 2.68. The van der Waals surface area contributed by atoms with E-state index in [0.29, 0.717) is 18.4 Å². The summed E-state index contributed by atoms with van der Waals surface area (Å²) in [6, 6.07) is 0. The first-order chi connectivity index (χ1) is 4.74. The van der Waals surface area contributed by atoms with E-state index in [2.05, 4.69) is 4.74 Å². The van der Waals surface area contributed by atoms with Gasteiger partial charge < -0.3 is 9.47 Å². The molecular weight excluding hydrogens is 132 g/mol. The summed E-state index contributed by atoms with van der Waals surface area (Å²) in [6.07, 6.45) is 0.778. The Morgan fingerprint density at radius 3 is 2.90 bits per heavy atom. The highest BCUT2D eigenvalue weighted by atomic mass is 16.6. The predicted octanol–water partition coefficient (Wildman–Crippen LogP) is 0.584. The Labute approximate surface area is 60.3 Å². The summed E-state index contributed by atoms with van der Waals surface area (Å²) in [5.74, 6) is 0.162. The van der Waals surface area contributed by atoms with Crippen molar-refractivity contribution in [1.29, 1.82) is 0 Å². The second-order valence-electron chi connectivity index (χ2n) is 2.63. The Hall–Kier alpha value is -0.570. The van der Waals surface area contributed by atoms with E-state index in [1.54, 1.807) is 0 Å². The molecule has 0 amide bonds. The topological polar surface area (TPSA) is 38.8 Å². The van der Waals surface area contributed by atoms with E-state index in [-0.39, 0.29) is 5.97 Å². The van der Waals surface area contributed by atoms with E-state index in [1.165, 1.54) is 7.11 Å². The second kappa shape index (κ2) is 3.01. The van der Waals surface area contributed by atoms with Crippen LogP contribution in [0, 0.1) is 5.92 Å². The Bertz CT molecular complexity index is 129. The Kier molecular flexibility index (Phi) is 2.27. The molecule has 10 heavy (non-hydrogen) atoms. The summed E-state index contributed by atoms with van der Waals surface area (Å²) in [4.78, 5) is 10.7. The zero-order valence-electron chi connectivity index (χ0n) is 6.29. The van der Waals surface area contributed by atoms with Gasteiger partial charge in [0.25, 0.3) is 0 Å². The number of ether oxygens (including phenoxy) is 2. The van der Waals surface area contributed by atoms with Crippen LogP contribution in [0.2, 0.25) is 0 Å². The molecule has 0 unspecified atom stereocenters. The first-order valence-corrected chi connectivity index (χ1v) is 3.42. The average molecular weight is 144 g/mol. The van der Waals surface area contributed by atoms with Crippen molar-refractivity contribution in [2.24, 2.45) is 5.92 Å². The van der Waals surface area contributed by atoms with Crippen molar-refractivity contribution in [1.82, 2.24) is 0 Å². The zero-order valence-corrected chi connectivity index (χ0v) is 6.29. The fourth-order valence-electron chi connectivity index (χ4n) is 0.862. The van der Waals surface area contributed by atoms with Crippen LogP contribution in [0.3, 0.4) is 0 Å². The summed E-state index contributed by atoms with van der Waals surface area (Å²) in [5, 5.41) is 0. The van der Waals surface area contributed by atoms with Crippen LogP contribution >= 0.6 is 0 Å². The van der Waals surface area contributed by atoms with E-state index >= 15 is 0 Å². The van der Waals surface area contributed by atoms with Crippen molar-refractivity contribution in [3.05, 3.63) is 0 Å². The molecule has 2 atom stereocenters. The van der Waals surface area contributed by atoms with Gasteiger partial charge in [0.2, 0.25) is 0 Å². The van der Waals surface area contributed by atoms with Crippen molar-refractivity contribution >= 4 is 5.97 Å². The maximum Gasteiger partial charge on any atom is 0.305 e. The van der Waals surface area contributed by atoms with Crippen LogP contribution in [0.4, 0.5) is 0 Å². The maximum absolute atomic E-state index is 10.7. The Balaban J connectivity index is 2.16. The number of methoxy groups -OCH3 is 1. The molecule has 1 aliphatic heterocycles. The standard InChI is InChI=1S/C7H12O3/c1-5(6-4-10-6)3-7(8)9-2/h5-6H,3-4H2,1-2H3/t5-,6-/m1/s1. The SMILES string of the molecule is COC(=O)C[C@@H](C)[C@H]1CO1. The molecule has 0 aromatic rings. The molecule has 1 rings (SSSR count). The maximum atomic E-state index is 10.7. The molecule has 1 fully saturated rings. The summed E-state index contributed by atoms with van der Waals surface area (Å²) in [5.41, 5.74) is 0. The smallest absolute Gasteiger partial charge is 0.305 e. The number of epoxide rings is 1. The predicted molar refractivity (Wildman–Crippen MR) is 35.5 cm³/mol. The zero-order chi connectivity index (χ0) is 7.56. The first-order valence-electron chi connectivity index (χ1n) is 3.42. The molecule has 0 aliphatic carbocycles. The van der Waals surface area contributed by atoms with E-state index in [1.807, 2.05) is 6.92 Å². The molecule has 58 valence electrons. The minimum absolute atomic E-state index is 0.150. The van der Waals surface area contributed by atoms with E-state index in [4.69, 9.17) is 4.74 Å². The Morgan fingerprint density at radius 1 is 1.90 bits per heavy atom. The van der Waals surface area contributed by atoms with Crippen molar-refractivity contribution in [3.8, 4) is 0 Å². The molecule has 0 aromatic heterocycles. The van der Waals surface area contributed by atoms with Crippen LogP contribution in [0.25, 0.3) is 0 Å². The van der Waals surface area contributed by atoms with Gasteiger partial charge in [-0.2, -0.15) is 0 Å². The number of rotatable bonds is 3. The fraction of sp³-hybridized carbons (Fsp3) is 0.857. The van der Waals surface area contributed by atoms with E-state index in [9.17, 15) is 4.79 Å². The molecular formula is C7H12O3. The molecule has 0 saturated carbocycles. The van der Waals surface area contributed by atoms with Gasteiger partial charge in [0.1, 0.15) is 0 Å². The molecule has 3 heteroatoms. The van der Waals surface area contributed by atoms with Crippen LogP contribution in [0.1, 0.15) is 13.3 Å². The first kappa shape index (κ1) is 7.54. The lowest BCUT2D eigenvalue weighted by atomic mass is 10.1. The summed E-state index contributed by atoms with van der Waals surface area (Å²) >= 11 is 0. The second-order valence-corrected chi connectivity index (χ2v) is 2.63. The number of carbonyl (C=O) groups is 1. The highest BCUT2D eigenvalue weighted by Crippen LogP contribution is 2.22. The van der Waals surface area contributed by atoms with Crippen LogP contribution < -0.4 is 0 Å². The normalized spacial score (nSPS) is 25.6. The number of carbonyl (C=O) groups excluding carboxylic acids is 1. The van der Waals surface area contributed by atoms with Gasteiger partial charge in [0, 0.05) is 0 Å². The van der Waals surface area contributed by atoms with E-state index in [0.717, 1.165) is 6.61 Å². The monoisotopic (exact) mass is 144 g/mol.